The molecular weight excluding hydrogens is 780 g/mol. The van der Waals surface area contributed by atoms with E-state index in [-0.39, 0.29) is 19.0 Å². The lowest BCUT2D eigenvalue weighted by Crippen LogP contribution is -2.46. The van der Waals surface area contributed by atoms with Gasteiger partial charge in [0, 0.05) is 6.61 Å². The first-order valence-corrected chi connectivity index (χ1v) is 22.4. The van der Waals surface area contributed by atoms with Crippen LogP contribution in [0.25, 0.3) is 5.52 Å². The van der Waals surface area contributed by atoms with E-state index in [0.717, 1.165) is 31.4 Å². The van der Waals surface area contributed by atoms with E-state index in [2.05, 4.69) is 17.0 Å². The van der Waals surface area contributed by atoms with Gasteiger partial charge in [-0.2, -0.15) is 18.3 Å². The van der Waals surface area contributed by atoms with Crippen molar-refractivity contribution in [1.82, 2.24) is 14.6 Å². The molecule has 7 atom stereocenters. The Labute approximate surface area is 339 Å². The molecule has 2 aromatic heterocycles. The topological polar surface area (TPSA) is 180 Å². The Kier molecular flexibility index (Phi) is 17.0. The Hall–Kier alpha value is -2.66. The number of anilines is 1. The highest BCUT2D eigenvalue weighted by Gasteiger charge is 2.82. The molecule has 2 unspecified atom stereocenters. The number of phosphoric acid groups is 1. The third kappa shape index (κ3) is 12.2. The summed E-state index contributed by atoms with van der Waals surface area (Å²) in [6.45, 7) is 3.62. The van der Waals surface area contributed by atoms with E-state index in [1.54, 1.807) is 19.1 Å². The summed E-state index contributed by atoms with van der Waals surface area (Å²) in [5, 5.41) is 26.8. The maximum Gasteiger partial charge on any atom is 0.472 e. The van der Waals surface area contributed by atoms with Crippen molar-refractivity contribution in [1.29, 1.82) is 0 Å². The number of phosphoric ester groups is 1. The molecule has 17 heteroatoms. The lowest BCUT2D eigenvalue weighted by molar-refractivity contribution is -0.137. The molecule has 2 aliphatic rings. The molecule has 0 bridgehead atoms. The summed E-state index contributed by atoms with van der Waals surface area (Å²) in [4.78, 5) is 14.6. The van der Waals surface area contributed by atoms with Crippen LogP contribution >= 0.6 is 7.82 Å². The number of halogens is 3. The summed E-state index contributed by atoms with van der Waals surface area (Å²) in [7, 11) is -4.86. The number of fused-ring (bicyclic) bond motifs is 2. The Balaban J connectivity index is 1.03. The van der Waals surface area contributed by atoms with Crippen LogP contribution < -0.4 is 5.73 Å². The number of ether oxygens (including phenoxy) is 3. The fourth-order valence-corrected chi connectivity index (χ4v) is 8.69. The molecule has 1 saturated carbocycles. The first-order valence-electron chi connectivity index (χ1n) is 20.9. The van der Waals surface area contributed by atoms with Crippen LogP contribution in [-0.4, -0.2) is 79.5 Å². The quantitative estimate of drug-likeness (QED) is 0.0406. The molecule has 2 fully saturated rings. The summed E-state index contributed by atoms with van der Waals surface area (Å²) in [6.07, 6.45) is 11.6. The van der Waals surface area contributed by atoms with Gasteiger partial charge in [0.25, 0.3) is 0 Å². The molecule has 5 rings (SSSR count). The number of hydrogen-bond acceptors (Lipinski definition) is 11. The van der Waals surface area contributed by atoms with Gasteiger partial charge in [0.1, 0.15) is 41.9 Å². The van der Waals surface area contributed by atoms with E-state index in [9.17, 15) is 32.8 Å². The summed E-state index contributed by atoms with van der Waals surface area (Å²) in [6, 6.07) is 7.76. The average Bonchev–Trinajstić information content (AvgIpc) is 3.43. The van der Waals surface area contributed by atoms with Crippen molar-refractivity contribution >= 4 is 19.2 Å². The summed E-state index contributed by atoms with van der Waals surface area (Å²) in [5.41, 5.74) is 2.92. The van der Waals surface area contributed by atoms with Crippen LogP contribution in [0.5, 0.6) is 0 Å². The number of unbranched alkanes of at least 4 members (excludes halogenated alkanes) is 15. The number of nitrogens with zero attached hydrogens (tertiary/aromatic N) is 3. The molecule has 1 aromatic carbocycles. The fraction of sp³-hybridized carbons (Fsp3) is 0.707. The van der Waals surface area contributed by atoms with E-state index in [0.29, 0.717) is 23.4 Å². The summed E-state index contributed by atoms with van der Waals surface area (Å²) < 4.78 is 82.1. The Morgan fingerprint density at radius 3 is 2.05 bits per heavy atom. The van der Waals surface area contributed by atoms with Gasteiger partial charge in [-0.15, -0.1) is 0 Å². The standard InChI is InChI=1S/C41H62F3N4O9P/c1-3-4-5-6-7-8-9-10-11-12-13-14-15-16-17-18-25-53-27-32(54-26-30-19-21-31(22-20-30)41(42,43)44)28-55-58(51,52)57-36-35-40(36,50)38(49)39(2,56-35)34-24-23-33-37(45)46-29-47-48(33)34/h19-24,29,32,35-36,38,49-50H,3-18,25-28H2,1-2H3,(H,51,52)(H2,45,46,47)/t32-,35-,36?,38+,39+,40+/m1/s1. The third-order valence-corrected chi connectivity index (χ3v) is 12.3. The highest BCUT2D eigenvalue weighted by molar-refractivity contribution is 7.47. The van der Waals surface area contributed by atoms with E-state index < -0.39 is 61.8 Å². The number of hydrogen-bond donors (Lipinski definition) is 4. The highest BCUT2D eigenvalue weighted by Crippen LogP contribution is 2.63. The van der Waals surface area contributed by atoms with E-state index in [4.69, 9.17) is 29.0 Å². The smallest absolute Gasteiger partial charge is 0.386 e. The normalized spacial score (nSPS) is 24.6. The third-order valence-electron chi connectivity index (χ3n) is 11.3. The molecule has 0 radical (unpaired) electrons. The molecule has 0 amide bonds. The van der Waals surface area contributed by atoms with Crippen LogP contribution in [-0.2, 0) is 46.2 Å². The minimum Gasteiger partial charge on any atom is -0.386 e. The summed E-state index contributed by atoms with van der Waals surface area (Å²) in [5.74, 6) is 0.202. The van der Waals surface area contributed by atoms with Crippen molar-refractivity contribution in [2.45, 2.75) is 165 Å². The Bertz CT molecular complexity index is 1750. The zero-order valence-corrected chi connectivity index (χ0v) is 34.7. The van der Waals surface area contributed by atoms with Crippen LogP contribution in [0.15, 0.2) is 42.7 Å². The van der Waals surface area contributed by atoms with Gasteiger partial charge in [0.2, 0.25) is 0 Å². The van der Waals surface area contributed by atoms with Crippen molar-refractivity contribution in [3.05, 3.63) is 59.5 Å². The predicted octanol–water partition coefficient (Wildman–Crippen LogP) is 8.42. The van der Waals surface area contributed by atoms with Gasteiger partial charge in [0.05, 0.1) is 31.1 Å². The molecule has 5 N–H and O–H groups in total. The summed E-state index contributed by atoms with van der Waals surface area (Å²) >= 11 is 0. The molecule has 13 nitrogen and oxygen atoms in total. The molecule has 0 spiro atoms. The number of alkyl halides is 3. The van der Waals surface area contributed by atoms with Crippen molar-refractivity contribution in [3.8, 4) is 0 Å². The minimum absolute atomic E-state index is 0.0190. The van der Waals surface area contributed by atoms with Gasteiger partial charge < -0.3 is 35.1 Å². The van der Waals surface area contributed by atoms with Gasteiger partial charge >= 0.3 is 14.0 Å². The van der Waals surface area contributed by atoms with Crippen LogP contribution in [0.2, 0.25) is 0 Å². The second kappa shape index (κ2) is 21.2. The Morgan fingerprint density at radius 2 is 1.50 bits per heavy atom. The van der Waals surface area contributed by atoms with Crippen LogP contribution in [0.3, 0.4) is 0 Å². The maximum atomic E-state index is 13.1. The first-order chi connectivity index (χ1) is 27.7. The monoisotopic (exact) mass is 842 g/mol. The molecule has 1 saturated heterocycles. The number of aliphatic hydroxyl groups excluding tert-OH is 1. The number of aromatic nitrogens is 3. The predicted molar refractivity (Wildman–Crippen MR) is 212 cm³/mol. The number of nitrogens with two attached hydrogens (primary N) is 1. The molecule has 1 aliphatic heterocycles. The van der Waals surface area contributed by atoms with Gasteiger partial charge in [-0.1, -0.05) is 115 Å². The zero-order valence-electron chi connectivity index (χ0n) is 33.8. The van der Waals surface area contributed by atoms with E-state index >= 15 is 0 Å². The van der Waals surface area contributed by atoms with Gasteiger partial charge in [0.15, 0.2) is 11.4 Å². The number of aliphatic hydroxyl groups is 2. The second-order valence-electron chi connectivity index (χ2n) is 15.9. The number of benzene rings is 1. The maximum absolute atomic E-state index is 13.1. The fourth-order valence-electron chi connectivity index (χ4n) is 7.70. The Morgan fingerprint density at radius 1 is 0.914 bits per heavy atom. The lowest BCUT2D eigenvalue weighted by atomic mass is 9.91. The average molecular weight is 843 g/mol. The lowest BCUT2D eigenvalue weighted by Gasteiger charge is -2.32. The van der Waals surface area contributed by atoms with Crippen molar-refractivity contribution in [2.75, 3.05) is 25.6 Å². The molecule has 3 heterocycles. The zero-order chi connectivity index (χ0) is 41.8. The number of rotatable bonds is 28. The minimum atomic E-state index is -4.86. The molecule has 3 aromatic rings. The van der Waals surface area contributed by atoms with Crippen molar-refractivity contribution in [2.24, 2.45) is 0 Å². The van der Waals surface area contributed by atoms with Crippen molar-refractivity contribution in [3.63, 3.8) is 0 Å². The van der Waals surface area contributed by atoms with Gasteiger partial charge in [-0.3, -0.25) is 9.05 Å². The van der Waals surface area contributed by atoms with Crippen LogP contribution in [0.4, 0.5) is 19.0 Å². The van der Waals surface area contributed by atoms with Crippen LogP contribution in [0, 0.1) is 0 Å². The second-order valence-corrected chi connectivity index (χ2v) is 17.3. The largest absolute Gasteiger partial charge is 0.472 e. The first kappa shape index (κ1) is 46.4. The van der Waals surface area contributed by atoms with E-state index in [1.807, 2.05) is 0 Å². The van der Waals surface area contributed by atoms with E-state index in [1.165, 1.54) is 106 Å². The highest BCUT2D eigenvalue weighted by atomic mass is 31.2. The number of nitrogen functional groups attached to an aromatic ring is 1. The van der Waals surface area contributed by atoms with Crippen LogP contribution in [0.1, 0.15) is 133 Å². The SMILES string of the molecule is CCCCCCCCCCCCCCCCCCOC[C@H](COP(=O)(O)OC1[C@H]2O[C@@](C)(c3ccc4c(N)ncnn34)[C@H](O)[C@@]12O)OCc1ccc(C(F)(F)F)cc1. The van der Waals surface area contributed by atoms with Crippen molar-refractivity contribution < 1.29 is 56.1 Å². The van der Waals surface area contributed by atoms with Gasteiger partial charge in [-0.25, -0.2) is 14.1 Å². The molecule has 1 aliphatic carbocycles. The molecule has 326 valence electrons. The van der Waals surface area contributed by atoms with Gasteiger partial charge in [-0.05, 0) is 43.2 Å². The molecule has 58 heavy (non-hydrogen) atoms. The molecular formula is C41H62F3N4O9P.